The summed E-state index contributed by atoms with van der Waals surface area (Å²) in [5.41, 5.74) is 9.73. The summed E-state index contributed by atoms with van der Waals surface area (Å²) in [4.78, 5) is 4.25. The van der Waals surface area contributed by atoms with E-state index in [2.05, 4.69) is 48.4 Å². The van der Waals surface area contributed by atoms with E-state index in [-0.39, 0.29) is 6.04 Å². The normalized spacial score (nSPS) is 12.3. The largest absolute Gasteiger partial charge is 0.383 e. The second-order valence-corrected chi connectivity index (χ2v) is 5.12. The van der Waals surface area contributed by atoms with Crippen molar-refractivity contribution < 1.29 is 0 Å². The van der Waals surface area contributed by atoms with E-state index in [1.54, 1.807) is 6.20 Å². The Kier molecular flexibility index (Phi) is 5.13. The lowest BCUT2D eigenvalue weighted by Crippen LogP contribution is -2.26. The number of nitrogens with zero attached hydrogens (tertiary/aromatic N) is 1. The molecular formula is C17H23N3. The fourth-order valence-corrected chi connectivity index (χ4v) is 2.49. The molecule has 0 bridgehead atoms. The van der Waals surface area contributed by atoms with Gasteiger partial charge in [0.2, 0.25) is 0 Å². The van der Waals surface area contributed by atoms with Gasteiger partial charge in [0.05, 0.1) is 0 Å². The van der Waals surface area contributed by atoms with Crippen molar-refractivity contribution in [1.82, 2.24) is 10.3 Å². The van der Waals surface area contributed by atoms with Crippen LogP contribution in [0.15, 0.2) is 42.6 Å². The highest BCUT2D eigenvalue weighted by Gasteiger charge is 2.17. The van der Waals surface area contributed by atoms with Gasteiger partial charge in [-0.1, -0.05) is 37.3 Å². The van der Waals surface area contributed by atoms with Crippen molar-refractivity contribution in [2.45, 2.75) is 32.7 Å². The molecule has 0 saturated carbocycles. The lowest BCUT2D eigenvalue weighted by molar-refractivity contribution is 0.527. The number of pyridine rings is 1. The van der Waals surface area contributed by atoms with E-state index in [1.807, 2.05) is 12.1 Å². The maximum atomic E-state index is 6.10. The molecule has 0 aliphatic carbocycles. The first kappa shape index (κ1) is 14.5. The fraction of sp³-hybridized carbons (Fsp3) is 0.353. The van der Waals surface area contributed by atoms with Crippen molar-refractivity contribution >= 4 is 5.82 Å². The zero-order chi connectivity index (χ0) is 14.4. The van der Waals surface area contributed by atoms with Crippen LogP contribution < -0.4 is 11.1 Å². The predicted octanol–water partition coefficient (Wildman–Crippen LogP) is 3.26. The third-order valence-corrected chi connectivity index (χ3v) is 3.51. The van der Waals surface area contributed by atoms with Crippen LogP contribution in [0.4, 0.5) is 5.82 Å². The van der Waals surface area contributed by atoms with Crippen LogP contribution in [0.25, 0.3) is 0 Å². The molecule has 3 N–H and O–H groups in total. The Bertz CT molecular complexity index is 517. The molecule has 1 heterocycles. The van der Waals surface area contributed by atoms with Gasteiger partial charge in [-0.05, 0) is 43.5 Å². The van der Waals surface area contributed by atoms with Gasteiger partial charge in [-0.3, -0.25) is 0 Å². The molecule has 3 heteroatoms. The Morgan fingerprint density at radius 2 is 1.95 bits per heavy atom. The Hall–Kier alpha value is -1.87. The second kappa shape index (κ2) is 7.06. The first-order chi connectivity index (χ1) is 9.72. The quantitative estimate of drug-likeness (QED) is 0.846. The second-order valence-electron chi connectivity index (χ2n) is 5.12. The molecule has 106 valence electrons. The maximum absolute atomic E-state index is 6.10. The molecule has 1 atom stereocenters. The molecule has 0 aliphatic heterocycles. The summed E-state index contributed by atoms with van der Waals surface area (Å²) in [6, 6.07) is 12.7. The van der Waals surface area contributed by atoms with Gasteiger partial charge in [-0.15, -0.1) is 0 Å². The predicted molar refractivity (Wildman–Crippen MR) is 84.6 cm³/mol. The van der Waals surface area contributed by atoms with Crippen molar-refractivity contribution in [2.75, 3.05) is 12.3 Å². The third-order valence-electron chi connectivity index (χ3n) is 3.51. The molecular weight excluding hydrogens is 246 g/mol. The topological polar surface area (TPSA) is 50.9 Å². The zero-order valence-electron chi connectivity index (χ0n) is 12.3. The summed E-state index contributed by atoms with van der Waals surface area (Å²) in [6.45, 7) is 5.25. The van der Waals surface area contributed by atoms with E-state index < -0.39 is 0 Å². The molecule has 0 fully saturated rings. The van der Waals surface area contributed by atoms with Gasteiger partial charge in [-0.2, -0.15) is 0 Å². The van der Waals surface area contributed by atoms with Crippen LogP contribution in [0.1, 0.15) is 36.1 Å². The van der Waals surface area contributed by atoms with Crippen molar-refractivity contribution in [3.63, 3.8) is 0 Å². The van der Waals surface area contributed by atoms with E-state index in [9.17, 15) is 0 Å². The molecule has 20 heavy (non-hydrogen) atoms. The molecule has 0 spiro atoms. The molecule has 0 amide bonds. The average molecular weight is 269 g/mol. The molecule has 1 aromatic carbocycles. The summed E-state index contributed by atoms with van der Waals surface area (Å²) in [5, 5.41) is 3.60. The monoisotopic (exact) mass is 269 g/mol. The Labute approximate surface area is 121 Å². The van der Waals surface area contributed by atoms with Gasteiger partial charge in [0.25, 0.3) is 0 Å². The van der Waals surface area contributed by atoms with Crippen LogP contribution >= 0.6 is 0 Å². The van der Waals surface area contributed by atoms with E-state index in [1.165, 1.54) is 11.1 Å². The highest BCUT2D eigenvalue weighted by molar-refractivity contribution is 5.46. The zero-order valence-corrected chi connectivity index (χ0v) is 12.3. The molecule has 0 aliphatic rings. The number of nitrogen functional groups attached to an aromatic ring is 1. The molecule has 2 rings (SSSR count). The summed E-state index contributed by atoms with van der Waals surface area (Å²) in [5.74, 6) is 0.634. The Balaban J connectivity index is 2.27. The lowest BCUT2D eigenvalue weighted by Gasteiger charge is -2.22. The summed E-state index contributed by atoms with van der Waals surface area (Å²) in [7, 11) is 0. The lowest BCUT2D eigenvalue weighted by atomic mass is 9.96. The van der Waals surface area contributed by atoms with Gasteiger partial charge < -0.3 is 11.1 Å². The number of nitrogens with one attached hydrogen (secondary N) is 1. The van der Waals surface area contributed by atoms with E-state index in [4.69, 9.17) is 5.73 Å². The summed E-state index contributed by atoms with van der Waals surface area (Å²) in [6.07, 6.45) is 3.80. The van der Waals surface area contributed by atoms with Crippen molar-refractivity contribution in [2.24, 2.45) is 0 Å². The molecule has 3 nitrogen and oxygen atoms in total. The average Bonchev–Trinajstić information content (AvgIpc) is 2.45. The van der Waals surface area contributed by atoms with Crippen LogP contribution in [-0.4, -0.2) is 11.5 Å². The van der Waals surface area contributed by atoms with E-state index >= 15 is 0 Å². The smallest absolute Gasteiger partial charge is 0.128 e. The van der Waals surface area contributed by atoms with Gasteiger partial charge >= 0.3 is 0 Å². The number of aromatic nitrogens is 1. The van der Waals surface area contributed by atoms with Crippen molar-refractivity contribution in [3.05, 3.63) is 59.3 Å². The highest BCUT2D eigenvalue weighted by Crippen LogP contribution is 2.25. The Morgan fingerprint density at radius 3 is 2.60 bits per heavy atom. The van der Waals surface area contributed by atoms with Crippen molar-refractivity contribution in [1.29, 1.82) is 0 Å². The first-order valence-electron chi connectivity index (χ1n) is 7.20. The standard InChI is InChI=1S/C17H23N3/c1-3-10-19-15(12-14-7-5-4-6-8-14)16-13(2)9-11-20-17(16)18/h4-9,11,15,19H,3,10,12H2,1-2H3,(H2,18,20). The number of hydrogen-bond donors (Lipinski definition) is 2. The van der Waals surface area contributed by atoms with Gasteiger partial charge in [-0.25, -0.2) is 4.98 Å². The van der Waals surface area contributed by atoms with Gasteiger partial charge in [0.1, 0.15) is 5.82 Å². The van der Waals surface area contributed by atoms with Gasteiger partial charge in [0, 0.05) is 17.8 Å². The number of rotatable bonds is 6. The minimum Gasteiger partial charge on any atom is -0.383 e. The molecule has 0 radical (unpaired) electrons. The van der Waals surface area contributed by atoms with Crippen molar-refractivity contribution in [3.8, 4) is 0 Å². The highest BCUT2D eigenvalue weighted by atomic mass is 14.9. The molecule has 1 aromatic heterocycles. The fourth-order valence-electron chi connectivity index (χ4n) is 2.49. The minimum atomic E-state index is 0.214. The Morgan fingerprint density at radius 1 is 1.20 bits per heavy atom. The van der Waals surface area contributed by atoms with Crippen LogP contribution in [0.2, 0.25) is 0 Å². The van der Waals surface area contributed by atoms with Gasteiger partial charge in [0.15, 0.2) is 0 Å². The summed E-state index contributed by atoms with van der Waals surface area (Å²) < 4.78 is 0. The number of aryl methyl sites for hydroxylation is 1. The molecule has 1 unspecified atom stereocenters. The third kappa shape index (κ3) is 3.58. The summed E-state index contributed by atoms with van der Waals surface area (Å²) >= 11 is 0. The molecule has 0 saturated heterocycles. The number of anilines is 1. The van der Waals surface area contributed by atoms with Crippen LogP contribution in [0.5, 0.6) is 0 Å². The number of benzene rings is 1. The maximum Gasteiger partial charge on any atom is 0.128 e. The van der Waals surface area contributed by atoms with Crippen LogP contribution in [-0.2, 0) is 6.42 Å². The van der Waals surface area contributed by atoms with Crippen LogP contribution in [0.3, 0.4) is 0 Å². The molecule has 2 aromatic rings. The number of nitrogens with two attached hydrogens (primary N) is 1. The van der Waals surface area contributed by atoms with E-state index in [0.29, 0.717) is 5.82 Å². The minimum absolute atomic E-state index is 0.214. The number of hydrogen-bond acceptors (Lipinski definition) is 3. The first-order valence-corrected chi connectivity index (χ1v) is 7.20. The SMILES string of the molecule is CCCNC(Cc1ccccc1)c1c(C)ccnc1N. The van der Waals surface area contributed by atoms with Crippen LogP contribution in [0, 0.1) is 6.92 Å². The van der Waals surface area contributed by atoms with E-state index in [0.717, 1.165) is 24.9 Å².